The van der Waals surface area contributed by atoms with E-state index in [1.54, 1.807) is 10.7 Å². The molecule has 1 aromatic carbocycles. The standard InChI is InChI=1S/C22H27N5O3/c1-4-23-20(28)15-8-10-26(11-9-15)18-7-5-6-17-19(18)22(30)27(21(17)29)13-16-12-25(3)24-14(16)2/h5-7,12,15H,4,8-11,13H2,1-3H3,(H,23,28). The molecule has 8 nitrogen and oxygen atoms in total. The highest BCUT2D eigenvalue weighted by molar-refractivity contribution is 6.23. The van der Waals surface area contributed by atoms with Gasteiger partial charge in [0.2, 0.25) is 5.91 Å². The van der Waals surface area contributed by atoms with Gasteiger partial charge in [0.25, 0.3) is 11.8 Å². The highest BCUT2D eigenvalue weighted by atomic mass is 16.2. The van der Waals surface area contributed by atoms with E-state index in [2.05, 4.69) is 15.3 Å². The summed E-state index contributed by atoms with van der Waals surface area (Å²) in [5.41, 5.74) is 3.37. The number of anilines is 1. The summed E-state index contributed by atoms with van der Waals surface area (Å²) in [5, 5.41) is 7.19. The van der Waals surface area contributed by atoms with E-state index in [9.17, 15) is 14.4 Å². The number of carbonyl (C=O) groups excluding carboxylic acids is 3. The van der Waals surface area contributed by atoms with Crippen LogP contribution in [-0.4, -0.2) is 52.0 Å². The molecule has 0 aliphatic carbocycles. The molecule has 0 atom stereocenters. The fourth-order valence-electron chi connectivity index (χ4n) is 4.40. The van der Waals surface area contributed by atoms with Crippen LogP contribution in [0.25, 0.3) is 0 Å². The first-order valence-electron chi connectivity index (χ1n) is 10.4. The van der Waals surface area contributed by atoms with Crippen LogP contribution < -0.4 is 10.2 Å². The second-order valence-corrected chi connectivity index (χ2v) is 7.97. The van der Waals surface area contributed by atoms with Crippen LogP contribution in [0.5, 0.6) is 0 Å². The summed E-state index contributed by atoms with van der Waals surface area (Å²) in [6, 6.07) is 5.44. The zero-order chi connectivity index (χ0) is 21.4. The SMILES string of the molecule is CCNC(=O)C1CCN(c2cccc3c2C(=O)N(Cc2cn(C)nc2C)C3=O)CC1. The van der Waals surface area contributed by atoms with Crippen molar-refractivity contribution in [1.82, 2.24) is 20.0 Å². The number of aryl methyl sites for hydroxylation is 2. The van der Waals surface area contributed by atoms with Crippen LogP contribution in [0.1, 0.15) is 51.7 Å². The van der Waals surface area contributed by atoms with Crippen molar-refractivity contribution in [2.45, 2.75) is 33.2 Å². The third-order valence-corrected chi connectivity index (χ3v) is 5.98. The largest absolute Gasteiger partial charge is 0.371 e. The second kappa shape index (κ2) is 7.93. The average Bonchev–Trinajstić information content (AvgIpc) is 3.19. The summed E-state index contributed by atoms with van der Waals surface area (Å²) >= 11 is 0. The van der Waals surface area contributed by atoms with Crippen molar-refractivity contribution in [2.24, 2.45) is 13.0 Å². The number of fused-ring (bicyclic) bond motifs is 1. The lowest BCUT2D eigenvalue weighted by Gasteiger charge is -2.33. The smallest absolute Gasteiger partial charge is 0.263 e. The highest BCUT2D eigenvalue weighted by Crippen LogP contribution is 2.34. The number of hydrogen-bond acceptors (Lipinski definition) is 5. The van der Waals surface area contributed by atoms with Gasteiger partial charge in [-0.25, -0.2) is 0 Å². The van der Waals surface area contributed by atoms with E-state index in [0.29, 0.717) is 30.8 Å². The van der Waals surface area contributed by atoms with Crippen LogP contribution in [0.15, 0.2) is 24.4 Å². The Morgan fingerprint density at radius 2 is 1.93 bits per heavy atom. The molecule has 3 amide bonds. The summed E-state index contributed by atoms with van der Waals surface area (Å²) in [6.45, 7) is 6.00. The van der Waals surface area contributed by atoms with Crippen molar-refractivity contribution in [2.75, 3.05) is 24.5 Å². The Bertz CT molecular complexity index is 1000. The molecule has 0 radical (unpaired) electrons. The number of hydrogen-bond donors (Lipinski definition) is 1. The molecular formula is C22H27N5O3. The molecule has 1 aromatic heterocycles. The molecule has 4 rings (SSSR count). The minimum Gasteiger partial charge on any atom is -0.371 e. The molecule has 1 saturated heterocycles. The molecular weight excluding hydrogens is 382 g/mol. The zero-order valence-electron chi connectivity index (χ0n) is 17.6. The normalized spacial score (nSPS) is 16.9. The zero-order valence-corrected chi connectivity index (χ0v) is 17.6. The van der Waals surface area contributed by atoms with Gasteiger partial charge in [0.15, 0.2) is 0 Å². The monoisotopic (exact) mass is 409 g/mol. The number of nitrogens with zero attached hydrogens (tertiary/aromatic N) is 4. The molecule has 1 N–H and O–H groups in total. The van der Waals surface area contributed by atoms with Crippen LogP contribution in [0, 0.1) is 12.8 Å². The maximum atomic E-state index is 13.2. The van der Waals surface area contributed by atoms with Crippen molar-refractivity contribution in [3.8, 4) is 0 Å². The average molecular weight is 409 g/mol. The van der Waals surface area contributed by atoms with E-state index in [1.807, 2.05) is 39.2 Å². The first-order chi connectivity index (χ1) is 14.4. The van der Waals surface area contributed by atoms with Gasteiger partial charge in [-0.1, -0.05) is 6.07 Å². The van der Waals surface area contributed by atoms with Gasteiger partial charge < -0.3 is 10.2 Å². The van der Waals surface area contributed by atoms with Gasteiger partial charge in [-0.05, 0) is 38.8 Å². The van der Waals surface area contributed by atoms with Crippen molar-refractivity contribution in [3.05, 3.63) is 46.8 Å². The third-order valence-electron chi connectivity index (χ3n) is 5.98. The van der Waals surface area contributed by atoms with Crippen LogP contribution in [-0.2, 0) is 18.4 Å². The van der Waals surface area contributed by atoms with E-state index in [-0.39, 0.29) is 30.2 Å². The maximum Gasteiger partial charge on any atom is 0.263 e. The fraction of sp³-hybridized carbons (Fsp3) is 0.455. The maximum absolute atomic E-state index is 13.2. The quantitative estimate of drug-likeness (QED) is 0.762. The molecule has 1 fully saturated rings. The minimum atomic E-state index is -0.266. The molecule has 2 aromatic rings. The Kier molecular flexibility index (Phi) is 5.32. The molecule has 0 bridgehead atoms. The Labute approximate surface area is 175 Å². The summed E-state index contributed by atoms with van der Waals surface area (Å²) in [4.78, 5) is 41.8. The van der Waals surface area contributed by atoms with Crippen LogP contribution >= 0.6 is 0 Å². The minimum absolute atomic E-state index is 0.000323. The van der Waals surface area contributed by atoms with E-state index in [1.165, 1.54) is 4.90 Å². The molecule has 3 heterocycles. The van der Waals surface area contributed by atoms with Gasteiger partial charge in [0, 0.05) is 44.4 Å². The van der Waals surface area contributed by atoms with Crippen molar-refractivity contribution in [3.63, 3.8) is 0 Å². The molecule has 8 heteroatoms. The van der Waals surface area contributed by atoms with Gasteiger partial charge in [-0.2, -0.15) is 5.10 Å². The number of benzene rings is 1. The van der Waals surface area contributed by atoms with Crippen LogP contribution in [0.2, 0.25) is 0 Å². The molecule has 2 aliphatic heterocycles. The van der Waals surface area contributed by atoms with Gasteiger partial charge in [-0.15, -0.1) is 0 Å². The number of imide groups is 1. The first kappa shape index (κ1) is 20.1. The highest BCUT2D eigenvalue weighted by Gasteiger charge is 2.39. The van der Waals surface area contributed by atoms with Crippen LogP contribution in [0.4, 0.5) is 5.69 Å². The number of aromatic nitrogens is 2. The Morgan fingerprint density at radius 1 is 1.20 bits per heavy atom. The fourth-order valence-corrected chi connectivity index (χ4v) is 4.40. The molecule has 0 saturated carbocycles. The number of amides is 3. The van der Waals surface area contributed by atoms with Crippen LogP contribution in [0.3, 0.4) is 0 Å². The number of rotatable bonds is 5. The third kappa shape index (κ3) is 3.46. The number of piperidine rings is 1. The van der Waals surface area contributed by atoms with Gasteiger partial charge in [0.05, 0.1) is 29.1 Å². The topological polar surface area (TPSA) is 87.5 Å². The second-order valence-electron chi connectivity index (χ2n) is 7.97. The summed E-state index contributed by atoms with van der Waals surface area (Å²) < 4.78 is 1.69. The summed E-state index contributed by atoms with van der Waals surface area (Å²) in [6.07, 6.45) is 3.30. The summed E-state index contributed by atoms with van der Waals surface area (Å²) in [5.74, 6) is -0.433. The predicted octanol–water partition coefficient (Wildman–Crippen LogP) is 1.88. The van der Waals surface area contributed by atoms with E-state index in [4.69, 9.17) is 0 Å². The van der Waals surface area contributed by atoms with Gasteiger partial charge in [0.1, 0.15) is 0 Å². The molecule has 30 heavy (non-hydrogen) atoms. The molecule has 158 valence electrons. The number of nitrogens with one attached hydrogen (secondary N) is 1. The Hall–Kier alpha value is -3.16. The van der Waals surface area contributed by atoms with E-state index >= 15 is 0 Å². The van der Waals surface area contributed by atoms with E-state index < -0.39 is 0 Å². The van der Waals surface area contributed by atoms with Gasteiger partial charge in [-0.3, -0.25) is 24.0 Å². The lowest BCUT2D eigenvalue weighted by Crippen LogP contribution is -2.41. The number of carbonyl (C=O) groups is 3. The molecule has 0 spiro atoms. The van der Waals surface area contributed by atoms with E-state index in [0.717, 1.165) is 29.8 Å². The van der Waals surface area contributed by atoms with Crippen molar-refractivity contribution >= 4 is 23.4 Å². The lowest BCUT2D eigenvalue weighted by atomic mass is 9.94. The van der Waals surface area contributed by atoms with Crippen molar-refractivity contribution < 1.29 is 14.4 Å². The van der Waals surface area contributed by atoms with Gasteiger partial charge >= 0.3 is 0 Å². The summed E-state index contributed by atoms with van der Waals surface area (Å²) in [7, 11) is 1.82. The Morgan fingerprint density at radius 3 is 2.57 bits per heavy atom. The lowest BCUT2D eigenvalue weighted by molar-refractivity contribution is -0.125. The first-order valence-corrected chi connectivity index (χ1v) is 10.4. The molecule has 2 aliphatic rings. The Balaban J connectivity index is 1.55. The van der Waals surface area contributed by atoms with Crippen molar-refractivity contribution in [1.29, 1.82) is 0 Å². The molecule has 0 unspecified atom stereocenters. The predicted molar refractivity (Wildman–Crippen MR) is 112 cm³/mol.